The minimum atomic E-state index is -1.55. The predicted molar refractivity (Wildman–Crippen MR) is 109 cm³/mol. The van der Waals surface area contributed by atoms with Crippen molar-refractivity contribution in [2.24, 2.45) is 0 Å². The summed E-state index contributed by atoms with van der Waals surface area (Å²) in [4.78, 5) is 30.6. The van der Waals surface area contributed by atoms with Crippen LogP contribution in [0.1, 0.15) is 18.9 Å². The number of hydrogen-bond acceptors (Lipinski definition) is 5. The van der Waals surface area contributed by atoms with Crippen LogP contribution in [0.3, 0.4) is 0 Å². The molecule has 2 heterocycles. The molecule has 1 aliphatic rings. The van der Waals surface area contributed by atoms with E-state index in [1.807, 2.05) is 13.0 Å². The molecule has 4 rings (SSSR count). The average molecular weight is 437 g/mol. The van der Waals surface area contributed by atoms with Crippen LogP contribution in [0.25, 0.3) is 10.2 Å². The number of carboxylic acids is 1. The number of anilines is 2. The van der Waals surface area contributed by atoms with Gasteiger partial charge in [-0.15, -0.1) is 0 Å². The lowest BCUT2D eigenvalue weighted by atomic mass is 9.97. The van der Waals surface area contributed by atoms with E-state index in [4.69, 9.17) is 27.9 Å². The van der Waals surface area contributed by atoms with Crippen LogP contribution in [-0.4, -0.2) is 27.6 Å². The predicted octanol–water partition coefficient (Wildman–Crippen LogP) is 5.20. The molecule has 3 aromatic rings. The van der Waals surface area contributed by atoms with Gasteiger partial charge in [-0.25, -0.2) is 9.88 Å². The summed E-state index contributed by atoms with van der Waals surface area (Å²) in [7, 11) is 0. The molecule has 0 aliphatic carbocycles. The van der Waals surface area contributed by atoms with Gasteiger partial charge in [0.05, 0.1) is 32.4 Å². The summed E-state index contributed by atoms with van der Waals surface area (Å²) in [6.45, 7) is 3.37. The van der Waals surface area contributed by atoms with Crippen LogP contribution < -0.4 is 9.64 Å². The first-order valence-corrected chi connectivity index (χ1v) is 9.87. The van der Waals surface area contributed by atoms with Gasteiger partial charge in [0, 0.05) is 0 Å². The van der Waals surface area contributed by atoms with Crippen LogP contribution in [-0.2, 0) is 9.59 Å². The monoisotopic (exact) mass is 436 g/mol. The first kappa shape index (κ1) is 19.0. The number of ether oxygens (including phenoxy) is 1. The number of aromatic nitrogens is 1. The summed E-state index contributed by atoms with van der Waals surface area (Å²) >= 11 is 13.4. The number of carboxylic acid groups (broad SMARTS) is 1. The molecule has 0 bridgehead atoms. The van der Waals surface area contributed by atoms with E-state index in [2.05, 4.69) is 4.98 Å². The summed E-state index contributed by atoms with van der Waals surface area (Å²) < 4.78 is 6.59. The van der Waals surface area contributed by atoms with Gasteiger partial charge in [-0.05, 0) is 43.7 Å². The van der Waals surface area contributed by atoms with E-state index < -0.39 is 23.9 Å². The highest BCUT2D eigenvalue weighted by molar-refractivity contribution is 7.22. The Bertz CT molecular complexity index is 1110. The maximum Gasteiger partial charge on any atom is 0.307 e. The topological polar surface area (TPSA) is 79.7 Å². The number of halogens is 2. The molecule has 0 saturated carbocycles. The quantitative estimate of drug-likeness (QED) is 0.609. The Morgan fingerprint density at radius 2 is 2.00 bits per heavy atom. The van der Waals surface area contributed by atoms with Gasteiger partial charge in [-0.2, -0.15) is 0 Å². The summed E-state index contributed by atoms with van der Waals surface area (Å²) in [6.07, 6.45) is -0.474. The third kappa shape index (κ3) is 3.09. The smallest absolute Gasteiger partial charge is 0.307 e. The van der Waals surface area contributed by atoms with Crippen molar-refractivity contribution in [2.45, 2.75) is 25.9 Å². The highest BCUT2D eigenvalue weighted by Gasteiger charge is 2.47. The molecular formula is C19H14Cl2N2O4S. The molecule has 0 fully saturated rings. The van der Waals surface area contributed by atoms with Crippen molar-refractivity contribution >= 4 is 67.5 Å². The molecule has 6 nitrogen and oxygen atoms in total. The largest absolute Gasteiger partial charge is 0.481 e. The van der Waals surface area contributed by atoms with Gasteiger partial charge >= 0.3 is 5.97 Å². The normalized spacial score (nSPS) is 18.9. The van der Waals surface area contributed by atoms with E-state index in [9.17, 15) is 14.7 Å². The van der Waals surface area contributed by atoms with Crippen molar-refractivity contribution < 1.29 is 19.4 Å². The molecule has 1 amide bonds. The lowest BCUT2D eigenvalue weighted by Crippen LogP contribution is -2.53. The van der Waals surface area contributed by atoms with Gasteiger partial charge in [0.15, 0.2) is 10.7 Å². The number of carbonyl (C=O) groups is 2. The van der Waals surface area contributed by atoms with Gasteiger partial charge in [0.1, 0.15) is 5.75 Å². The molecule has 144 valence electrons. The van der Waals surface area contributed by atoms with E-state index in [1.54, 1.807) is 24.3 Å². The number of thiazole rings is 1. The third-order valence-electron chi connectivity index (χ3n) is 4.45. The number of aliphatic carboxylic acids is 1. The highest BCUT2D eigenvalue weighted by atomic mass is 35.5. The second-order valence-electron chi connectivity index (χ2n) is 6.75. The minimum Gasteiger partial charge on any atom is -0.481 e. The Morgan fingerprint density at radius 1 is 1.29 bits per heavy atom. The average Bonchev–Trinajstić information content (AvgIpc) is 2.98. The Morgan fingerprint density at radius 3 is 2.71 bits per heavy atom. The molecule has 0 saturated heterocycles. The number of nitrogens with zero attached hydrogens (tertiary/aromatic N) is 2. The molecule has 1 atom stereocenters. The van der Waals surface area contributed by atoms with E-state index >= 15 is 0 Å². The zero-order valence-electron chi connectivity index (χ0n) is 14.8. The third-order valence-corrected chi connectivity index (χ3v) is 6.17. The van der Waals surface area contributed by atoms with E-state index in [0.717, 1.165) is 10.3 Å². The second-order valence-corrected chi connectivity index (χ2v) is 8.57. The molecule has 28 heavy (non-hydrogen) atoms. The summed E-state index contributed by atoms with van der Waals surface area (Å²) in [6, 6.07) is 8.70. The molecule has 2 aromatic carbocycles. The fraction of sp³-hybridized carbons (Fsp3) is 0.211. The van der Waals surface area contributed by atoms with Gasteiger partial charge in [-0.3, -0.25) is 9.59 Å². The van der Waals surface area contributed by atoms with Crippen LogP contribution in [0.5, 0.6) is 5.75 Å². The summed E-state index contributed by atoms with van der Waals surface area (Å²) in [5, 5.41) is 10.4. The second kappa shape index (κ2) is 6.62. The Kier molecular flexibility index (Phi) is 4.49. The minimum absolute atomic E-state index is 0.367. The van der Waals surface area contributed by atoms with E-state index in [0.29, 0.717) is 32.1 Å². The Hall–Kier alpha value is -2.35. The Labute approximate surface area is 174 Å². The summed E-state index contributed by atoms with van der Waals surface area (Å²) in [5.74, 6) is -1.21. The molecule has 9 heteroatoms. The lowest BCUT2D eigenvalue weighted by molar-refractivity contribution is -0.148. The van der Waals surface area contributed by atoms with Crippen molar-refractivity contribution in [3.8, 4) is 5.75 Å². The fourth-order valence-corrected chi connectivity index (χ4v) is 4.50. The highest BCUT2D eigenvalue weighted by Crippen LogP contribution is 2.46. The molecule has 0 radical (unpaired) electrons. The summed E-state index contributed by atoms with van der Waals surface area (Å²) in [5.41, 5.74) is 0.488. The van der Waals surface area contributed by atoms with Gasteiger partial charge in [0.25, 0.3) is 5.91 Å². The maximum atomic E-state index is 13.3. The fourth-order valence-electron chi connectivity index (χ4n) is 3.12. The number of benzene rings is 2. The Balaban J connectivity index is 1.92. The first-order chi connectivity index (χ1) is 13.2. The zero-order valence-corrected chi connectivity index (χ0v) is 17.2. The van der Waals surface area contributed by atoms with Crippen LogP contribution in [0, 0.1) is 6.92 Å². The number of rotatable bonds is 3. The van der Waals surface area contributed by atoms with Crippen LogP contribution in [0.2, 0.25) is 10.0 Å². The van der Waals surface area contributed by atoms with Crippen LogP contribution in [0.15, 0.2) is 30.3 Å². The number of hydrogen-bond donors (Lipinski definition) is 1. The van der Waals surface area contributed by atoms with Crippen molar-refractivity contribution in [3.05, 3.63) is 45.9 Å². The van der Waals surface area contributed by atoms with E-state index in [-0.39, 0.29) is 0 Å². The first-order valence-electron chi connectivity index (χ1n) is 8.29. The van der Waals surface area contributed by atoms with E-state index in [1.165, 1.54) is 23.2 Å². The number of aryl methyl sites for hydroxylation is 1. The molecule has 1 N–H and O–H groups in total. The van der Waals surface area contributed by atoms with Crippen molar-refractivity contribution in [1.29, 1.82) is 0 Å². The van der Waals surface area contributed by atoms with Gasteiger partial charge in [-0.1, -0.05) is 40.6 Å². The SMILES string of the molecule is Cc1ccc2c(c1)N(c1nc3cc(Cl)c(Cl)cc3s1)C(=O)C(C)(CC(=O)O)O2. The van der Waals surface area contributed by atoms with Crippen molar-refractivity contribution in [1.82, 2.24) is 4.98 Å². The molecule has 1 unspecified atom stereocenters. The van der Waals surface area contributed by atoms with Gasteiger partial charge in [0.2, 0.25) is 0 Å². The van der Waals surface area contributed by atoms with Crippen LogP contribution >= 0.6 is 34.5 Å². The number of amides is 1. The molecule has 0 spiro atoms. The number of fused-ring (bicyclic) bond motifs is 2. The molecular weight excluding hydrogens is 423 g/mol. The zero-order chi connectivity index (χ0) is 20.2. The standard InChI is InChI=1S/C19H14Cl2N2O4S/c1-9-3-4-14-13(5-9)23(17(26)19(2,27-14)8-16(24)25)18-22-12-6-10(20)11(21)7-15(12)28-18/h3-7H,8H2,1-2H3,(H,24,25). The molecule has 1 aliphatic heterocycles. The lowest BCUT2D eigenvalue weighted by Gasteiger charge is -2.39. The van der Waals surface area contributed by atoms with Gasteiger partial charge < -0.3 is 9.84 Å². The van der Waals surface area contributed by atoms with Crippen molar-refractivity contribution in [3.63, 3.8) is 0 Å². The molecule has 1 aromatic heterocycles. The maximum absolute atomic E-state index is 13.3. The van der Waals surface area contributed by atoms with Crippen LogP contribution in [0.4, 0.5) is 10.8 Å². The van der Waals surface area contributed by atoms with Crippen molar-refractivity contribution in [2.75, 3.05) is 4.90 Å². The number of carbonyl (C=O) groups excluding carboxylic acids is 1.